The van der Waals surface area contributed by atoms with Crippen molar-refractivity contribution in [1.82, 2.24) is 4.90 Å². The first-order valence-corrected chi connectivity index (χ1v) is 6.55. The summed E-state index contributed by atoms with van der Waals surface area (Å²) in [4.78, 5) is 2.36. The van der Waals surface area contributed by atoms with Gasteiger partial charge in [-0.1, -0.05) is 12.1 Å². The van der Waals surface area contributed by atoms with Crippen LogP contribution in [0.4, 0.5) is 0 Å². The Morgan fingerprint density at radius 1 is 1.39 bits per heavy atom. The molecule has 1 aliphatic heterocycles. The van der Waals surface area contributed by atoms with Crippen molar-refractivity contribution in [2.45, 2.75) is 18.4 Å². The van der Waals surface area contributed by atoms with Crippen LogP contribution in [0.15, 0.2) is 24.3 Å². The van der Waals surface area contributed by atoms with Crippen LogP contribution in [0.1, 0.15) is 17.9 Å². The van der Waals surface area contributed by atoms with Gasteiger partial charge in [-0.25, -0.2) is 0 Å². The average molecular weight is 249 g/mol. The molecular formula is C14H23N3O. The summed E-state index contributed by atoms with van der Waals surface area (Å²) in [5, 5.41) is 0. The molecule has 0 aliphatic carbocycles. The molecule has 2 unspecified atom stereocenters. The zero-order valence-corrected chi connectivity index (χ0v) is 11.0. The molecule has 2 atom stereocenters. The van der Waals surface area contributed by atoms with Gasteiger partial charge in [0.25, 0.3) is 0 Å². The maximum Gasteiger partial charge on any atom is 0.119 e. The second kappa shape index (κ2) is 6.18. The molecule has 1 aliphatic rings. The normalized spacial score (nSPS) is 25.1. The minimum Gasteiger partial charge on any atom is -0.497 e. The molecule has 18 heavy (non-hydrogen) atoms. The number of nitrogens with two attached hydrogens (primary N) is 2. The molecule has 1 saturated heterocycles. The van der Waals surface area contributed by atoms with E-state index in [2.05, 4.69) is 17.0 Å². The highest BCUT2D eigenvalue weighted by Gasteiger charge is 2.25. The van der Waals surface area contributed by atoms with Crippen molar-refractivity contribution in [3.05, 3.63) is 29.8 Å². The number of likely N-dealkylation sites (tertiary alicyclic amines) is 1. The Labute approximate surface area is 109 Å². The molecule has 4 N–H and O–H groups in total. The van der Waals surface area contributed by atoms with Gasteiger partial charge < -0.3 is 16.2 Å². The van der Waals surface area contributed by atoms with E-state index in [1.54, 1.807) is 7.11 Å². The molecule has 0 spiro atoms. The number of nitrogens with zero attached hydrogens (tertiary/aromatic N) is 1. The quantitative estimate of drug-likeness (QED) is 0.827. The summed E-state index contributed by atoms with van der Waals surface area (Å²) in [6, 6.07) is 8.53. The highest BCUT2D eigenvalue weighted by Crippen LogP contribution is 2.28. The van der Waals surface area contributed by atoms with Gasteiger partial charge in [0, 0.05) is 32.2 Å². The van der Waals surface area contributed by atoms with E-state index < -0.39 is 0 Å². The van der Waals surface area contributed by atoms with E-state index in [0.29, 0.717) is 12.5 Å². The molecule has 4 heteroatoms. The van der Waals surface area contributed by atoms with E-state index in [0.717, 1.165) is 31.8 Å². The van der Waals surface area contributed by atoms with Gasteiger partial charge in [0.05, 0.1) is 7.11 Å². The number of piperidine rings is 1. The smallest absolute Gasteiger partial charge is 0.119 e. The predicted molar refractivity (Wildman–Crippen MR) is 73.8 cm³/mol. The van der Waals surface area contributed by atoms with E-state index >= 15 is 0 Å². The van der Waals surface area contributed by atoms with Gasteiger partial charge in [0.15, 0.2) is 0 Å². The summed E-state index contributed by atoms with van der Waals surface area (Å²) in [6.07, 6.45) is 1.04. The maximum absolute atomic E-state index is 6.14. The second-order valence-electron chi connectivity index (χ2n) is 5.02. The zero-order chi connectivity index (χ0) is 13.0. The van der Waals surface area contributed by atoms with Crippen LogP contribution < -0.4 is 16.2 Å². The molecule has 0 aromatic heterocycles. The minimum absolute atomic E-state index is 0.238. The summed E-state index contributed by atoms with van der Waals surface area (Å²) in [5.74, 6) is 1.40. The Hall–Kier alpha value is -1.10. The molecule has 1 fully saturated rings. The van der Waals surface area contributed by atoms with E-state index in [-0.39, 0.29) is 6.04 Å². The van der Waals surface area contributed by atoms with Crippen molar-refractivity contribution in [2.75, 3.05) is 33.3 Å². The molecule has 2 rings (SSSR count). The Bertz CT molecular complexity index is 383. The van der Waals surface area contributed by atoms with Crippen LogP contribution in [0, 0.1) is 0 Å². The van der Waals surface area contributed by atoms with E-state index in [9.17, 15) is 0 Å². The largest absolute Gasteiger partial charge is 0.497 e. The third kappa shape index (κ3) is 3.22. The summed E-state index contributed by atoms with van der Waals surface area (Å²) >= 11 is 0. The fourth-order valence-electron chi connectivity index (χ4n) is 2.73. The van der Waals surface area contributed by atoms with Crippen LogP contribution >= 0.6 is 0 Å². The lowest BCUT2D eigenvalue weighted by Gasteiger charge is -2.36. The highest BCUT2D eigenvalue weighted by molar-refractivity contribution is 5.31. The van der Waals surface area contributed by atoms with Crippen molar-refractivity contribution in [1.29, 1.82) is 0 Å². The summed E-state index contributed by atoms with van der Waals surface area (Å²) in [7, 11) is 1.70. The summed E-state index contributed by atoms with van der Waals surface area (Å²) in [5.41, 5.74) is 13.1. The van der Waals surface area contributed by atoms with E-state index in [4.69, 9.17) is 16.2 Å². The molecule has 100 valence electrons. The van der Waals surface area contributed by atoms with Gasteiger partial charge in [-0.05, 0) is 30.0 Å². The molecule has 1 aromatic carbocycles. The van der Waals surface area contributed by atoms with Crippen molar-refractivity contribution in [3.63, 3.8) is 0 Å². The lowest BCUT2D eigenvalue weighted by Crippen LogP contribution is -2.47. The van der Waals surface area contributed by atoms with Crippen LogP contribution in [0.2, 0.25) is 0 Å². The Morgan fingerprint density at radius 3 is 2.94 bits per heavy atom. The first kappa shape index (κ1) is 13.3. The number of methoxy groups -OCH3 is 1. The molecule has 0 bridgehead atoms. The fraction of sp³-hybridized carbons (Fsp3) is 0.571. The average Bonchev–Trinajstić information content (AvgIpc) is 2.38. The molecule has 4 nitrogen and oxygen atoms in total. The molecule has 0 saturated carbocycles. The number of ether oxygens (including phenoxy) is 1. The van der Waals surface area contributed by atoms with Crippen molar-refractivity contribution >= 4 is 0 Å². The van der Waals surface area contributed by atoms with Gasteiger partial charge in [-0.15, -0.1) is 0 Å². The third-order valence-electron chi connectivity index (χ3n) is 3.57. The predicted octanol–water partition coefficient (Wildman–Crippen LogP) is 0.771. The van der Waals surface area contributed by atoms with E-state index in [1.165, 1.54) is 5.56 Å². The lowest BCUT2D eigenvalue weighted by atomic mass is 9.88. The van der Waals surface area contributed by atoms with E-state index in [1.807, 2.05) is 12.1 Å². The first-order chi connectivity index (χ1) is 8.72. The van der Waals surface area contributed by atoms with Gasteiger partial charge in [-0.2, -0.15) is 0 Å². The number of hydrogen-bond acceptors (Lipinski definition) is 4. The van der Waals surface area contributed by atoms with Gasteiger partial charge in [0.2, 0.25) is 0 Å². The van der Waals surface area contributed by atoms with Gasteiger partial charge in [0.1, 0.15) is 5.75 Å². The van der Waals surface area contributed by atoms with Crippen LogP contribution in [0.3, 0.4) is 0 Å². The Kier molecular flexibility index (Phi) is 4.58. The second-order valence-corrected chi connectivity index (χ2v) is 5.02. The number of hydrogen-bond donors (Lipinski definition) is 2. The lowest BCUT2D eigenvalue weighted by molar-refractivity contribution is 0.193. The van der Waals surface area contributed by atoms with Gasteiger partial charge >= 0.3 is 0 Å². The maximum atomic E-state index is 6.14. The standard InChI is InChI=1S/C14H23N3O/c1-18-14-4-2-3-11(8-14)12-7-13(16)10-17(9-12)6-5-15/h2-4,8,12-13H,5-7,9-10,15-16H2,1H3. The van der Waals surface area contributed by atoms with Crippen molar-refractivity contribution < 1.29 is 4.74 Å². The van der Waals surface area contributed by atoms with Crippen LogP contribution in [0.25, 0.3) is 0 Å². The molecule has 0 radical (unpaired) electrons. The molecular weight excluding hydrogens is 226 g/mol. The van der Waals surface area contributed by atoms with Crippen LogP contribution in [-0.4, -0.2) is 44.2 Å². The van der Waals surface area contributed by atoms with Gasteiger partial charge in [-0.3, -0.25) is 4.90 Å². The third-order valence-corrected chi connectivity index (χ3v) is 3.57. The summed E-state index contributed by atoms with van der Waals surface area (Å²) < 4.78 is 5.28. The molecule has 1 aromatic rings. The molecule has 0 amide bonds. The van der Waals surface area contributed by atoms with Crippen LogP contribution in [0.5, 0.6) is 5.75 Å². The van der Waals surface area contributed by atoms with Crippen molar-refractivity contribution in [2.24, 2.45) is 11.5 Å². The topological polar surface area (TPSA) is 64.5 Å². The Balaban J connectivity index is 2.10. The number of benzene rings is 1. The first-order valence-electron chi connectivity index (χ1n) is 6.55. The monoisotopic (exact) mass is 249 g/mol. The number of rotatable bonds is 4. The summed E-state index contributed by atoms with van der Waals surface area (Å²) in [6.45, 7) is 3.61. The molecule has 1 heterocycles. The fourth-order valence-corrected chi connectivity index (χ4v) is 2.73. The van der Waals surface area contributed by atoms with Crippen molar-refractivity contribution in [3.8, 4) is 5.75 Å². The highest BCUT2D eigenvalue weighted by atomic mass is 16.5. The van der Waals surface area contributed by atoms with Crippen LogP contribution in [-0.2, 0) is 0 Å². The SMILES string of the molecule is COc1cccc(C2CC(N)CN(CCN)C2)c1. The minimum atomic E-state index is 0.238. The zero-order valence-electron chi connectivity index (χ0n) is 11.0. The Morgan fingerprint density at radius 2 is 2.22 bits per heavy atom.